The maximum Gasteiger partial charge on any atom is 0.255 e. The fourth-order valence-corrected chi connectivity index (χ4v) is 2.11. The number of pyridine rings is 1. The molecular weight excluding hydrogens is 274 g/mol. The maximum absolute atomic E-state index is 12.4. The van der Waals surface area contributed by atoms with Gasteiger partial charge in [-0.15, -0.1) is 0 Å². The van der Waals surface area contributed by atoms with Crippen LogP contribution in [0.3, 0.4) is 0 Å². The number of anilines is 1. The number of carbonyl (C=O) groups is 1. The lowest BCUT2D eigenvalue weighted by Gasteiger charge is -2.18. The molecule has 0 spiro atoms. The first-order valence-corrected chi connectivity index (χ1v) is 6.58. The molecule has 104 valence electrons. The number of aromatic nitrogens is 1. The van der Waals surface area contributed by atoms with E-state index in [1.165, 1.54) is 0 Å². The normalized spacial score (nSPS) is 10.3. The van der Waals surface area contributed by atoms with Crippen LogP contribution in [-0.4, -0.2) is 22.8 Å². The molecule has 0 aliphatic carbocycles. The molecule has 0 bridgehead atoms. The Morgan fingerprint density at radius 2 is 2.10 bits per heavy atom. The number of nitrogens with zero attached hydrogens (tertiary/aromatic N) is 2. The fraction of sp³-hybridized carbons (Fsp3) is 0.200. The van der Waals surface area contributed by atoms with Gasteiger partial charge in [-0.3, -0.25) is 9.78 Å². The molecule has 0 saturated heterocycles. The number of hydrogen-bond acceptors (Lipinski definition) is 3. The highest BCUT2D eigenvalue weighted by Crippen LogP contribution is 2.20. The van der Waals surface area contributed by atoms with Gasteiger partial charge in [0.2, 0.25) is 0 Å². The van der Waals surface area contributed by atoms with Crippen LogP contribution in [0.5, 0.6) is 0 Å². The summed E-state index contributed by atoms with van der Waals surface area (Å²) in [5, 5.41) is 0.397. The van der Waals surface area contributed by atoms with Gasteiger partial charge in [-0.05, 0) is 37.3 Å². The summed E-state index contributed by atoms with van der Waals surface area (Å²) in [6, 6.07) is 10.6. The van der Waals surface area contributed by atoms with Crippen LogP contribution < -0.4 is 5.73 Å². The molecule has 1 heterocycles. The van der Waals surface area contributed by atoms with Crippen LogP contribution in [0.15, 0.2) is 36.4 Å². The topological polar surface area (TPSA) is 59.2 Å². The van der Waals surface area contributed by atoms with Gasteiger partial charge in [0.1, 0.15) is 0 Å². The second kappa shape index (κ2) is 5.92. The zero-order valence-electron chi connectivity index (χ0n) is 11.4. The van der Waals surface area contributed by atoms with Gasteiger partial charge in [0.15, 0.2) is 0 Å². The van der Waals surface area contributed by atoms with Gasteiger partial charge in [-0.2, -0.15) is 0 Å². The number of benzene rings is 1. The van der Waals surface area contributed by atoms with E-state index in [2.05, 4.69) is 4.98 Å². The summed E-state index contributed by atoms with van der Waals surface area (Å²) in [5.41, 5.74) is 8.37. The molecule has 0 saturated carbocycles. The van der Waals surface area contributed by atoms with Crippen molar-refractivity contribution in [1.29, 1.82) is 0 Å². The minimum absolute atomic E-state index is 0.175. The summed E-state index contributed by atoms with van der Waals surface area (Å²) in [4.78, 5) is 18.3. The minimum atomic E-state index is -0.175. The van der Waals surface area contributed by atoms with Gasteiger partial charge in [-0.25, -0.2) is 0 Å². The van der Waals surface area contributed by atoms with Crippen molar-refractivity contribution in [3.8, 4) is 0 Å². The first-order valence-electron chi connectivity index (χ1n) is 6.20. The van der Waals surface area contributed by atoms with E-state index < -0.39 is 0 Å². The third-order valence-electron chi connectivity index (χ3n) is 2.91. The highest BCUT2D eigenvalue weighted by Gasteiger charge is 2.16. The number of nitrogens with two attached hydrogens (primary N) is 1. The Labute approximate surface area is 123 Å². The average molecular weight is 290 g/mol. The lowest BCUT2D eigenvalue weighted by molar-refractivity contribution is 0.0783. The number of aryl methyl sites for hydroxylation is 1. The summed E-state index contributed by atoms with van der Waals surface area (Å²) in [5.74, 6) is -0.175. The second-order valence-corrected chi connectivity index (χ2v) is 5.08. The quantitative estimate of drug-likeness (QED) is 0.884. The highest BCUT2D eigenvalue weighted by atomic mass is 35.5. The number of nitrogen functional groups attached to an aromatic ring is 1. The van der Waals surface area contributed by atoms with Crippen molar-refractivity contribution in [2.24, 2.45) is 0 Å². The minimum Gasteiger partial charge on any atom is -0.399 e. The third kappa shape index (κ3) is 3.27. The standard InChI is InChI=1S/C15H16ClN3O/c1-10-4-3-5-12(18-10)9-19(2)15(20)13-8-11(17)6-7-14(13)16/h3-8H,9,17H2,1-2H3. The van der Waals surface area contributed by atoms with Gasteiger partial charge in [0.05, 0.1) is 22.8 Å². The molecular formula is C15H16ClN3O. The summed E-state index contributed by atoms with van der Waals surface area (Å²) >= 11 is 6.04. The summed E-state index contributed by atoms with van der Waals surface area (Å²) in [6.45, 7) is 2.34. The molecule has 4 nitrogen and oxygen atoms in total. The van der Waals surface area contributed by atoms with Crippen molar-refractivity contribution in [3.05, 3.63) is 58.4 Å². The molecule has 2 N–H and O–H groups in total. The fourth-order valence-electron chi connectivity index (χ4n) is 1.91. The third-order valence-corrected chi connectivity index (χ3v) is 3.24. The zero-order chi connectivity index (χ0) is 14.7. The number of carbonyl (C=O) groups excluding carboxylic acids is 1. The number of hydrogen-bond donors (Lipinski definition) is 1. The van der Waals surface area contributed by atoms with Crippen LogP contribution in [-0.2, 0) is 6.54 Å². The van der Waals surface area contributed by atoms with E-state index >= 15 is 0 Å². The largest absolute Gasteiger partial charge is 0.399 e. The average Bonchev–Trinajstić information content (AvgIpc) is 2.40. The summed E-state index contributed by atoms with van der Waals surface area (Å²) < 4.78 is 0. The van der Waals surface area contributed by atoms with Crippen molar-refractivity contribution < 1.29 is 4.79 Å². The van der Waals surface area contributed by atoms with Crippen LogP contribution in [0.25, 0.3) is 0 Å². The van der Waals surface area contributed by atoms with E-state index in [0.29, 0.717) is 22.8 Å². The lowest BCUT2D eigenvalue weighted by atomic mass is 10.1. The van der Waals surface area contributed by atoms with Crippen molar-refractivity contribution in [2.45, 2.75) is 13.5 Å². The van der Waals surface area contributed by atoms with E-state index in [1.807, 2.05) is 25.1 Å². The van der Waals surface area contributed by atoms with Crippen molar-refractivity contribution in [3.63, 3.8) is 0 Å². The summed E-state index contributed by atoms with van der Waals surface area (Å²) in [7, 11) is 1.71. The van der Waals surface area contributed by atoms with Gasteiger partial charge in [0.25, 0.3) is 5.91 Å². The maximum atomic E-state index is 12.4. The highest BCUT2D eigenvalue weighted by molar-refractivity contribution is 6.33. The SMILES string of the molecule is Cc1cccc(CN(C)C(=O)c2cc(N)ccc2Cl)n1. The Bertz CT molecular complexity index is 643. The van der Waals surface area contributed by atoms with Crippen LogP contribution in [0.1, 0.15) is 21.7 Å². The van der Waals surface area contributed by atoms with Crippen molar-refractivity contribution >= 4 is 23.2 Å². The van der Waals surface area contributed by atoms with Gasteiger partial charge in [-0.1, -0.05) is 17.7 Å². The molecule has 0 aliphatic heterocycles. The molecule has 1 aromatic heterocycles. The summed E-state index contributed by atoms with van der Waals surface area (Å²) in [6.07, 6.45) is 0. The monoisotopic (exact) mass is 289 g/mol. The lowest BCUT2D eigenvalue weighted by Crippen LogP contribution is -2.27. The molecule has 0 atom stereocenters. The molecule has 0 aliphatic rings. The molecule has 2 rings (SSSR count). The molecule has 1 amide bonds. The Balaban J connectivity index is 2.18. The molecule has 0 fully saturated rings. The number of rotatable bonds is 3. The van der Waals surface area contributed by atoms with Crippen LogP contribution in [0.4, 0.5) is 5.69 Å². The van der Waals surface area contributed by atoms with Crippen LogP contribution in [0, 0.1) is 6.92 Å². The number of amides is 1. The molecule has 2 aromatic rings. The first kappa shape index (κ1) is 14.3. The Morgan fingerprint density at radius 1 is 1.35 bits per heavy atom. The predicted molar refractivity (Wildman–Crippen MR) is 80.6 cm³/mol. The van der Waals surface area contributed by atoms with Crippen molar-refractivity contribution in [1.82, 2.24) is 9.88 Å². The molecule has 5 heteroatoms. The zero-order valence-corrected chi connectivity index (χ0v) is 12.2. The van der Waals surface area contributed by atoms with E-state index in [0.717, 1.165) is 11.4 Å². The first-order chi connectivity index (χ1) is 9.47. The van der Waals surface area contributed by atoms with Gasteiger partial charge < -0.3 is 10.6 Å². The van der Waals surface area contributed by atoms with Gasteiger partial charge in [0, 0.05) is 18.4 Å². The van der Waals surface area contributed by atoms with Crippen LogP contribution in [0.2, 0.25) is 5.02 Å². The second-order valence-electron chi connectivity index (χ2n) is 4.67. The van der Waals surface area contributed by atoms with Crippen molar-refractivity contribution in [2.75, 3.05) is 12.8 Å². The Morgan fingerprint density at radius 3 is 2.80 bits per heavy atom. The number of halogens is 1. The predicted octanol–water partition coefficient (Wildman–Crippen LogP) is 2.90. The van der Waals surface area contributed by atoms with Gasteiger partial charge >= 0.3 is 0 Å². The molecule has 1 aromatic carbocycles. The molecule has 0 unspecified atom stereocenters. The molecule has 20 heavy (non-hydrogen) atoms. The smallest absolute Gasteiger partial charge is 0.255 e. The van der Waals surface area contributed by atoms with E-state index in [4.69, 9.17) is 17.3 Å². The van der Waals surface area contributed by atoms with E-state index in [1.54, 1.807) is 30.1 Å². The Kier molecular flexibility index (Phi) is 4.25. The molecule has 0 radical (unpaired) electrons. The van der Waals surface area contributed by atoms with Crippen LogP contribution >= 0.6 is 11.6 Å². The Hall–Kier alpha value is -2.07. The van der Waals surface area contributed by atoms with E-state index in [-0.39, 0.29) is 5.91 Å². The van der Waals surface area contributed by atoms with E-state index in [9.17, 15) is 4.79 Å².